The van der Waals surface area contributed by atoms with Crippen LogP contribution in [-0.2, 0) is 30.1 Å². The average molecular weight is 597 g/mol. The van der Waals surface area contributed by atoms with Gasteiger partial charge in [0.05, 0.1) is 0 Å². The molecule has 0 aliphatic heterocycles. The molecule has 0 bridgehead atoms. The van der Waals surface area contributed by atoms with Crippen molar-refractivity contribution >= 4 is 44.7 Å². The smallest absolute Gasteiger partial charge is 0.147 e. The van der Waals surface area contributed by atoms with Crippen molar-refractivity contribution in [3.05, 3.63) is 42.0 Å². The van der Waals surface area contributed by atoms with Crippen LogP contribution in [0.4, 0.5) is 0 Å². The van der Waals surface area contributed by atoms with Gasteiger partial charge in [0.1, 0.15) is 0 Å². The van der Waals surface area contributed by atoms with E-state index < -0.39 is 37.9 Å². The molecule has 0 aromatic heterocycles. The molecule has 0 spiro atoms. The molecule has 32 heavy (non-hydrogen) atoms. The van der Waals surface area contributed by atoms with Gasteiger partial charge in [0.25, 0.3) is 0 Å². The summed E-state index contributed by atoms with van der Waals surface area (Å²) in [5, 5.41) is 0. The largest absolute Gasteiger partial charge is 0.147 e. The summed E-state index contributed by atoms with van der Waals surface area (Å²) in [4.78, 5) is 0. The fraction of sp³-hybridized carbons (Fsp3) is 0.640. The molecule has 0 aromatic carbocycles. The molecule has 0 amide bonds. The number of halogens is 2. The van der Waals surface area contributed by atoms with Gasteiger partial charge in [0.2, 0.25) is 0 Å². The van der Waals surface area contributed by atoms with Crippen molar-refractivity contribution in [2.45, 2.75) is 105 Å². The first-order chi connectivity index (χ1) is 13.8. The van der Waals surface area contributed by atoms with Gasteiger partial charge in [-0.15, -0.1) is 24.8 Å². The summed E-state index contributed by atoms with van der Waals surface area (Å²) >= 11 is -2.01. The summed E-state index contributed by atoms with van der Waals surface area (Å²) in [6.45, 7) is 23.1. The number of rotatable bonds is 10. The van der Waals surface area contributed by atoms with Crippen LogP contribution in [-0.4, -0.2) is 32.0 Å². The van der Waals surface area contributed by atoms with E-state index in [1.807, 2.05) is 0 Å². The number of hydrogen-bond donors (Lipinski definition) is 0. The van der Waals surface area contributed by atoms with Crippen LogP contribution in [0.3, 0.4) is 0 Å². The van der Waals surface area contributed by atoms with Crippen LogP contribution in [0.5, 0.6) is 0 Å². The molecule has 184 valence electrons. The maximum atomic E-state index is 6.38. The van der Waals surface area contributed by atoms with E-state index in [9.17, 15) is 0 Å². The molecule has 0 radical (unpaired) electrons. The zero-order valence-corrected chi connectivity index (χ0v) is 28.0. The monoisotopic (exact) mass is 594 g/mol. The van der Waals surface area contributed by atoms with E-state index in [1.165, 1.54) is 0 Å². The molecule has 0 fully saturated rings. The molecule has 2 aliphatic rings. The Balaban J connectivity index is 0.00000480. The van der Waals surface area contributed by atoms with Crippen molar-refractivity contribution in [2.75, 3.05) is 0 Å². The van der Waals surface area contributed by atoms with Crippen LogP contribution in [0.25, 0.3) is 0 Å². The van der Waals surface area contributed by atoms with Crippen molar-refractivity contribution < 1.29 is 30.1 Å². The van der Waals surface area contributed by atoms with Crippen molar-refractivity contribution in [2.24, 2.45) is 0 Å². The van der Waals surface area contributed by atoms with Gasteiger partial charge in [0.15, 0.2) is 0 Å². The zero-order chi connectivity index (χ0) is 22.7. The standard InChI is InChI=1S/2C11H19OSi.C3H6.2ClH.Zr/c2*1-10(12-13(2,3)4)9-11-7-5-6-8-11;1-3-2;;;/h2*5,7,10H,6,9H2,1-4H3;1-2H3;2*1H;. The van der Waals surface area contributed by atoms with E-state index in [1.54, 1.807) is 20.9 Å². The predicted molar refractivity (Wildman–Crippen MR) is 149 cm³/mol. The molecule has 0 saturated carbocycles. The Morgan fingerprint density at radius 3 is 1.41 bits per heavy atom. The van der Waals surface area contributed by atoms with Crippen LogP contribution in [0.2, 0.25) is 39.3 Å². The van der Waals surface area contributed by atoms with E-state index in [0.29, 0.717) is 12.2 Å². The van der Waals surface area contributed by atoms with Gasteiger partial charge in [-0.05, 0) is 0 Å². The Labute approximate surface area is 220 Å². The minimum atomic E-state index is -2.01. The summed E-state index contributed by atoms with van der Waals surface area (Å²) in [6.07, 6.45) is 14.7. The van der Waals surface area contributed by atoms with Gasteiger partial charge < -0.3 is 0 Å². The zero-order valence-electron chi connectivity index (χ0n) is 21.9. The van der Waals surface area contributed by atoms with Gasteiger partial charge in [-0.3, -0.25) is 0 Å². The Bertz CT molecular complexity index is 736. The molecular formula is C25H46Cl2O2Si2Zr. The summed E-state index contributed by atoms with van der Waals surface area (Å²) in [5.41, 5.74) is 3.17. The summed E-state index contributed by atoms with van der Waals surface area (Å²) in [7, 11) is -3.01. The minimum absolute atomic E-state index is 0. The number of hydrogen-bond acceptors (Lipinski definition) is 2. The maximum absolute atomic E-state index is 6.38. The van der Waals surface area contributed by atoms with E-state index in [4.69, 9.17) is 8.85 Å². The molecule has 2 nitrogen and oxygen atoms in total. The van der Waals surface area contributed by atoms with E-state index >= 15 is 0 Å². The summed E-state index contributed by atoms with van der Waals surface area (Å²) in [5.74, 6) is 0. The third-order valence-corrected chi connectivity index (χ3v) is 15.5. The SMILES string of the molecule is C[C](C)=[Zr]([C]1=C(CC(C)O[Si](C)(C)C)C=CC1)[C]1=C(CC(C)O[Si](C)(C)C)C=CC1.Cl.Cl. The third-order valence-electron chi connectivity index (χ3n) is 5.29. The predicted octanol–water partition coefficient (Wildman–Crippen LogP) is 8.35. The van der Waals surface area contributed by atoms with Gasteiger partial charge in [-0.2, -0.15) is 0 Å². The maximum Gasteiger partial charge on any atom is -0.147 e. The third kappa shape index (κ3) is 10.5. The Hall–Kier alpha value is 0.647. The first-order valence-electron chi connectivity index (χ1n) is 11.6. The second kappa shape index (κ2) is 13.7. The second-order valence-electron chi connectivity index (χ2n) is 11.1. The molecule has 0 saturated heterocycles. The van der Waals surface area contributed by atoms with Crippen LogP contribution in [0, 0.1) is 0 Å². The Morgan fingerprint density at radius 2 is 1.12 bits per heavy atom. The van der Waals surface area contributed by atoms with Crippen molar-refractivity contribution in [1.29, 1.82) is 0 Å². The summed E-state index contributed by atoms with van der Waals surface area (Å²) in [6, 6.07) is 0. The van der Waals surface area contributed by atoms with Crippen molar-refractivity contribution in [3.8, 4) is 0 Å². The van der Waals surface area contributed by atoms with E-state index in [-0.39, 0.29) is 24.8 Å². The molecule has 0 heterocycles. The second-order valence-corrected chi connectivity index (χ2v) is 27.3. The molecule has 2 unspecified atom stereocenters. The van der Waals surface area contributed by atoms with Gasteiger partial charge in [-0.1, -0.05) is 0 Å². The fourth-order valence-corrected chi connectivity index (χ4v) is 15.2. The van der Waals surface area contributed by atoms with Crippen molar-refractivity contribution in [3.63, 3.8) is 0 Å². The van der Waals surface area contributed by atoms with E-state index in [2.05, 4.69) is 91.3 Å². The Morgan fingerprint density at radius 1 is 0.781 bits per heavy atom. The Kier molecular flexibility index (Phi) is 13.9. The molecule has 2 aliphatic carbocycles. The first kappa shape index (κ1) is 32.6. The first-order valence-corrected chi connectivity index (χ1v) is 22.1. The van der Waals surface area contributed by atoms with Crippen molar-refractivity contribution in [1.82, 2.24) is 0 Å². The molecule has 2 rings (SSSR count). The average Bonchev–Trinajstić information content (AvgIpc) is 3.14. The molecule has 2 atom stereocenters. The van der Waals surface area contributed by atoms with Gasteiger partial charge in [0, 0.05) is 0 Å². The minimum Gasteiger partial charge on any atom is -0.147 e. The topological polar surface area (TPSA) is 18.5 Å². The number of allylic oxidation sites excluding steroid dienone is 6. The van der Waals surface area contributed by atoms with Gasteiger partial charge >= 0.3 is 197 Å². The molecule has 7 heteroatoms. The molecule has 0 aromatic rings. The van der Waals surface area contributed by atoms with E-state index in [0.717, 1.165) is 25.7 Å². The fourth-order valence-electron chi connectivity index (χ4n) is 4.70. The summed E-state index contributed by atoms with van der Waals surface area (Å²) < 4.78 is 18.0. The molecule has 0 N–H and O–H groups in total. The normalized spacial score (nSPS) is 17.9. The van der Waals surface area contributed by atoms with Gasteiger partial charge in [-0.25, -0.2) is 0 Å². The quantitative estimate of drug-likeness (QED) is 0.236. The van der Waals surface area contributed by atoms with Crippen LogP contribution >= 0.6 is 24.8 Å². The van der Waals surface area contributed by atoms with Crippen LogP contribution < -0.4 is 0 Å². The van der Waals surface area contributed by atoms with Crippen LogP contribution in [0.1, 0.15) is 53.4 Å². The van der Waals surface area contributed by atoms with Crippen LogP contribution in [0.15, 0.2) is 42.0 Å². The molecular weight excluding hydrogens is 551 g/mol.